The number of benzene rings is 2. The lowest BCUT2D eigenvalue weighted by atomic mass is 10.2. The summed E-state index contributed by atoms with van der Waals surface area (Å²) in [5.41, 5.74) is 3.25. The van der Waals surface area contributed by atoms with Crippen molar-refractivity contribution >= 4 is 6.21 Å². The maximum atomic E-state index is 4.42. The Hall–Kier alpha value is -2.75. The van der Waals surface area contributed by atoms with Gasteiger partial charge in [-0.05, 0) is 12.5 Å². The molecule has 0 saturated carbocycles. The zero-order valence-electron chi connectivity index (χ0n) is 11.1. The first kappa shape index (κ1) is 12.3. The van der Waals surface area contributed by atoms with E-state index in [0.717, 1.165) is 17.0 Å². The fourth-order valence-corrected chi connectivity index (χ4v) is 1.97. The number of rotatable bonds is 3. The van der Waals surface area contributed by atoms with Crippen LogP contribution in [0, 0.1) is 6.92 Å². The van der Waals surface area contributed by atoms with E-state index in [1.807, 2.05) is 48.7 Å². The van der Waals surface area contributed by atoms with Gasteiger partial charge in [-0.3, -0.25) is 0 Å². The maximum Gasteiger partial charge on any atom is 0.184 e. The second-order valence-electron chi connectivity index (χ2n) is 4.52. The van der Waals surface area contributed by atoms with Crippen LogP contribution in [-0.2, 0) is 0 Å². The SMILES string of the molecule is Cc1cccc(/C=N\n2cnnc2-c2ccccc2)c1. The second-order valence-corrected chi connectivity index (χ2v) is 4.52. The van der Waals surface area contributed by atoms with Crippen LogP contribution in [0.2, 0.25) is 0 Å². The predicted octanol–water partition coefficient (Wildman–Crippen LogP) is 3.14. The lowest BCUT2D eigenvalue weighted by molar-refractivity contribution is 0.888. The Labute approximate surface area is 117 Å². The maximum absolute atomic E-state index is 4.42. The molecule has 1 heterocycles. The third-order valence-corrected chi connectivity index (χ3v) is 2.94. The summed E-state index contributed by atoms with van der Waals surface area (Å²) < 4.78 is 1.68. The van der Waals surface area contributed by atoms with Gasteiger partial charge in [-0.15, -0.1) is 10.2 Å². The highest BCUT2D eigenvalue weighted by Gasteiger charge is 2.04. The minimum Gasteiger partial charge on any atom is -0.200 e. The number of aromatic nitrogens is 3. The summed E-state index contributed by atoms with van der Waals surface area (Å²) in [7, 11) is 0. The van der Waals surface area contributed by atoms with E-state index < -0.39 is 0 Å². The first-order valence-corrected chi connectivity index (χ1v) is 6.39. The molecular formula is C16H14N4. The zero-order valence-corrected chi connectivity index (χ0v) is 11.1. The Balaban J connectivity index is 1.91. The number of hydrogen-bond acceptors (Lipinski definition) is 3. The standard InChI is InChI=1S/C16H14N4/c1-13-6-5-7-14(10-13)11-18-20-12-17-19-16(20)15-8-3-2-4-9-15/h2-12H,1H3/b18-11-. The van der Waals surface area contributed by atoms with Gasteiger partial charge < -0.3 is 0 Å². The summed E-state index contributed by atoms with van der Waals surface area (Å²) in [6.45, 7) is 2.06. The molecule has 0 aliphatic heterocycles. The summed E-state index contributed by atoms with van der Waals surface area (Å²) in [5.74, 6) is 0.731. The highest BCUT2D eigenvalue weighted by atomic mass is 15.4. The van der Waals surface area contributed by atoms with Gasteiger partial charge in [0.1, 0.15) is 6.33 Å². The van der Waals surface area contributed by atoms with Crippen LogP contribution in [0.25, 0.3) is 11.4 Å². The van der Waals surface area contributed by atoms with Gasteiger partial charge in [0.2, 0.25) is 0 Å². The minimum absolute atomic E-state index is 0.731. The summed E-state index contributed by atoms with van der Waals surface area (Å²) in [6.07, 6.45) is 3.41. The normalized spacial score (nSPS) is 11.1. The van der Waals surface area contributed by atoms with Crippen LogP contribution >= 0.6 is 0 Å². The van der Waals surface area contributed by atoms with Gasteiger partial charge in [0.05, 0.1) is 6.21 Å². The Bertz CT molecular complexity index is 729. The van der Waals surface area contributed by atoms with Crippen LogP contribution in [0.15, 0.2) is 66.0 Å². The smallest absolute Gasteiger partial charge is 0.184 e. The third-order valence-electron chi connectivity index (χ3n) is 2.94. The Morgan fingerprint density at radius 3 is 2.70 bits per heavy atom. The minimum atomic E-state index is 0.731. The highest BCUT2D eigenvalue weighted by molar-refractivity contribution is 5.79. The molecule has 4 heteroatoms. The van der Waals surface area contributed by atoms with Crippen LogP contribution in [-0.4, -0.2) is 21.1 Å². The molecule has 0 amide bonds. The number of hydrogen-bond donors (Lipinski definition) is 0. The average molecular weight is 262 g/mol. The molecule has 0 aliphatic rings. The van der Waals surface area contributed by atoms with E-state index in [9.17, 15) is 0 Å². The van der Waals surface area contributed by atoms with Crippen molar-refractivity contribution in [3.8, 4) is 11.4 Å². The third kappa shape index (κ3) is 2.64. The van der Waals surface area contributed by atoms with Gasteiger partial charge in [0.25, 0.3) is 0 Å². The van der Waals surface area contributed by atoms with Gasteiger partial charge >= 0.3 is 0 Å². The molecule has 0 aliphatic carbocycles. The van der Waals surface area contributed by atoms with E-state index >= 15 is 0 Å². The van der Waals surface area contributed by atoms with Crippen molar-refractivity contribution in [2.45, 2.75) is 6.92 Å². The monoisotopic (exact) mass is 262 g/mol. The van der Waals surface area contributed by atoms with Gasteiger partial charge in [0, 0.05) is 5.56 Å². The van der Waals surface area contributed by atoms with E-state index in [1.54, 1.807) is 11.0 Å². The van der Waals surface area contributed by atoms with Crippen molar-refractivity contribution in [3.05, 3.63) is 72.1 Å². The van der Waals surface area contributed by atoms with Crippen LogP contribution in [0.4, 0.5) is 0 Å². The second kappa shape index (κ2) is 5.48. The molecular weight excluding hydrogens is 248 g/mol. The van der Waals surface area contributed by atoms with E-state index in [2.05, 4.69) is 34.4 Å². The van der Waals surface area contributed by atoms with Crippen molar-refractivity contribution in [1.29, 1.82) is 0 Å². The van der Waals surface area contributed by atoms with Crippen molar-refractivity contribution in [2.24, 2.45) is 5.10 Å². The molecule has 0 unspecified atom stereocenters. The van der Waals surface area contributed by atoms with Gasteiger partial charge in [-0.25, -0.2) is 0 Å². The largest absolute Gasteiger partial charge is 0.200 e. The van der Waals surface area contributed by atoms with Crippen LogP contribution in [0.1, 0.15) is 11.1 Å². The molecule has 4 nitrogen and oxygen atoms in total. The predicted molar refractivity (Wildman–Crippen MR) is 79.6 cm³/mol. The number of nitrogens with zero attached hydrogens (tertiary/aromatic N) is 4. The van der Waals surface area contributed by atoms with E-state index in [4.69, 9.17) is 0 Å². The fourth-order valence-electron chi connectivity index (χ4n) is 1.97. The van der Waals surface area contributed by atoms with E-state index in [1.165, 1.54) is 5.56 Å². The van der Waals surface area contributed by atoms with Crippen LogP contribution in [0.5, 0.6) is 0 Å². The van der Waals surface area contributed by atoms with Crippen LogP contribution < -0.4 is 0 Å². The molecule has 20 heavy (non-hydrogen) atoms. The molecule has 0 N–H and O–H groups in total. The number of aryl methyl sites for hydroxylation is 1. The summed E-state index contributed by atoms with van der Waals surface area (Å²) in [4.78, 5) is 0. The topological polar surface area (TPSA) is 43.1 Å². The van der Waals surface area contributed by atoms with E-state index in [0.29, 0.717) is 0 Å². The lowest BCUT2D eigenvalue weighted by Gasteiger charge is -2.00. The lowest BCUT2D eigenvalue weighted by Crippen LogP contribution is -1.93. The van der Waals surface area contributed by atoms with Gasteiger partial charge in [-0.2, -0.15) is 9.78 Å². The molecule has 2 aromatic carbocycles. The molecule has 3 rings (SSSR count). The zero-order chi connectivity index (χ0) is 13.8. The molecule has 0 fully saturated rings. The Morgan fingerprint density at radius 2 is 1.90 bits per heavy atom. The van der Waals surface area contributed by atoms with Crippen molar-refractivity contribution in [1.82, 2.24) is 14.9 Å². The van der Waals surface area contributed by atoms with Crippen LogP contribution in [0.3, 0.4) is 0 Å². The molecule has 0 saturated heterocycles. The van der Waals surface area contributed by atoms with Gasteiger partial charge in [-0.1, -0.05) is 60.2 Å². The summed E-state index contributed by atoms with van der Waals surface area (Å²) in [6, 6.07) is 18.1. The Morgan fingerprint density at radius 1 is 1.05 bits per heavy atom. The molecule has 0 atom stereocenters. The van der Waals surface area contributed by atoms with Crippen molar-refractivity contribution < 1.29 is 0 Å². The summed E-state index contributed by atoms with van der Waals surface area (Å²) >= 11 is 0. The fraction of sp³-hybridized carbons (Fsp3) is 0.0625. The molecule has 0 bridgehead atoms. The first-order chi connectivity index (χ1) is 9.83. The quantitative estimate of drug-likeness (QED) is 0.680. The van der Waals surface area contributed by atoms with E-state index in [-0.39, 0.29) is 0 Å². The van der Waals surface area contributed by atoms with Crippen molar-refractivity contribution in [2.75, 3.05) is 0 Å². The molecule has 0 radical (unpaired) electrons. The molecule has 1 aromatic heterocycles. The summed E-state index contributed by atoms with van der Waals surface area (Å²) in [5, 5.41) is 12.5. The average Bonchev–Trinajstić information content (AvgIpc) is 2.95. The van der Waals surface area contributed by atoms with Gasteiger partial charge in [0.15, 0.2) is 5.82 Å². The van der Waals surface area contributed by atoms with Crippen molar-refractivity contribution in [3.63, 3.8) is 0 Å². The first-order valence-electron chi connectivity index (χ1n) is 6.39. The molecule has 0 spiro atoms. The Kier molecular flexibility index (Phi) is 3.37. The highest BCUT2D eigenvalue weighted by Crippen LogP contribution is 2.15. The molecule has 3 aromatic rings. The molecule has 98 valence electrons.